The molecule has 1 saturated carbocycles. The van der Waals surface area contributed by atoms with Crippen LogP contribution in [0.1, 0.15) is 46.0 Å². The summed E-state index contributed by atoms with van der Waals surface area (Å²) in [6.45, 7) is 7.23. The first-order valence-electron chi connectivity index (χ1n) is 8.47. The Bertz CT molecular complexity index is 464. The molecule has 0 aromatic heterocycles. The van der Waals surface area contributed by atoms with Crippen LogP contribution in [-0.4, -0.2) is 55.3 Å². The molecule has 0 bridgehead atoms. The van der Waals surface area contributed by atoms with E-state index in [1.54, 1.807) is 8.61 Å². The Morgan fingerprint density at radius 3 is 2.52 bits per heavy atom. The normalized spacial score (nSPS) is 36.2. The van der Waals surface area contributed by atoms with Gasteiger partial charge in [0.2, 0.25) is 0 Å². The summed E-state index contributed by atoms with van der Waals surface area (Å²) in [6, 6.07) is 0.853. The van der Waals surface area contributed by atoms with Gasteiger partial charge in [0.25, 0.3) is 10.2 Å². The molecule has 3 unspecified atom stereocenters. The summed E-state index contributed by atoms with van der Waals surface area (Å²) in [5, 5.41) is 3.55. The van der Waals surface area contributed by atoms with Crippen LogP contribution in [0.3, 0.4) is 0 Å². The van der Waals surface area contributed by atoms with E-state index in [0.717, 1.165) is 25.8 Å². The van der Waals surface area contributed by atoms with E-state index in [0.29, 0.717) is 37.5 Å². The number of hydrogen-bond donors (Lipinski definition) is 1. The molecule has 2 saturated heterocycles. The second kappa shape index (κ2) is 6.14. The van der Waals surface area contributed by atoms with Crippen molar-refractivity contribution >= 4 is 10.2 Å². The molecule has 3 fully saturated rings. The van der Waals surface area contributed by atoms with E-state index in [2.05, 4.69) is 12.2 Å². The number of nitrogens with zero attached hydrogens (tertiary/aromatic N) is 2. The first kappa shape index (κ1) is 15.7. The van der Waals surface area contributed by atoms with Gasteiger partial charge < -0.3 is 5.32 Å². The van der Waals surface area contributed by atoms with Crippen LogP contribution in [0.2, 0.25) is 0 Å². The highest BCUT2D eigenvalue weighted by Gasteiger charge is 2.40. The number of piperidine rings is 1. The maximum Gasteiger partial charge on any atom is 0.282 e. The Kier molecular flexibility index (Phi) is 4.60. The summed E-state index contributed by atoms with van der Waals surface area (Å²) < 4.78 is 29.2. The molecular formula is C15H29N3O2S. The van der Waals surface area contributed by atoms with Gasteiger partial charge >= 0.3 is 0 Å². The standard InChI is InChI=1S/C15H29N3O2S/c1-12-8-13(2)18(10-12)21(19,20)17-7-3-4-14(11-17)9-16-15-5-6-15/h12-16H,3-11H2,1-2H3. The van der Waals surface area contributed by atoms with Gasteiger partial charge in [0, 0.05) is 31.7 Å². The lowest BCUT2D eigenvalue weighted by atomic mass is 10.00. The second-order valence-corrected chi connectivity index (χ2v) is 9.20. The zero-order valence-electron chi connectivity index (χ0n) is 13.3. The van der Waals surface area contributed by atoms with Gasteiger partial charge in [-0.15, -0.1) is 0 Å². The fourth-order valence-corrected chi connectivity index (χ4v) is 5.79. The largest absolute Gasteiger partial charge is 0.314 e. The van der Waals surface area contributed by atoms with Crippen LogP contribution in [0.4, 0.5) is 0 Å². The van der Waals surface area contributed by atoms with E-state index in [9.17, 15) is 8.42 Å². The maximum absolute atomic E-state index is 12.9. The van der Waals surface area contributed by atoms with Gasteiger partial charge in [0.15, 0.2) is 0 Å². The number of rotatable bonds is 5. The summed E-state index contributed by atoms with van der Waals surface area (Å²) in [5.74, 6) is 0.955. The summed E-state index contributed by atoms with van der Waals surface area (Å²) >= 11 is 0. The van der Waals surface area contributed by atoms with Gasteiger partial charge in [0.05, 0.1) is 0 Å². The van der Waals surface area contributed by atoms with Crippen LogP contribution in [0.5, 0.6) is 0 Å². The molecule has 1 N–H and O–H groups in total. The third-order valence-electron chi connectivity index (χ3n) is 5.10. The monoisotopic (exact) mass is 315 g/mol. The quantitative estimate of drug-likeness (QED) is 0.835. The van der Waals surface area contributed by atoms with Crippen molar-refractivity contribution in [3.05, 3.63) is 0 Å². The van der Waals surface area contributed by atoms with E-state index in [1.165, 1.54) is 12.8 Å². The van der Waals surface area contributed by atoms with Gasteiger partial charge in [-0.1, -0.05) is 6.92 Å². The molecular weight excluding hydrogens is 286 g/mol. The van der Waals surface area contributed by atoms with Crippen molar-refractivity contribution in [1.29, 1.82) is 0 Å². The Morgan fingerprint density at radius 1 is 1.14 bits per heavy atom. The SMILES string of the molecule is CC1CC(C)N(S(=O)(=O)N2CCCC(CNC3CC3)C2)C1. The summed E-state index contributed by atoms with van der Waals surface area (Å²) in [6.07, 6.45) is 5.71. The smallest absolute Gasteiger partial charge is 0.282 e. The Hall–Kier alpha value is -0.170. The third kappa shape index (κ3) is 3.60. The molecule has 3 rings (SSSR count). The molecule has 122 valence electrons. The lowest BCUT2D eigenvalue weighted by Crippen LogP contribution is -2.50. The van der Waals surface area contributed by atoms with Gasteiger partial charge in [-0.2, -0.15) is 17.0 Å². The molecule has 3 aliphatic rings. The highest BCUT2D eigenvalue weighted by atomic mass is 32.2. The Morgan fingerprint density at radius 2 is 1.90 bits per heavy atom. The first-order chi connectivity index (χ1) is 9.96. The van der Waals surface area contributed by atoms with E-state index in [4.69, 9.17) is 0 Å². The predicted octanol–water partition coefficient (Wildman–Crippen LogP) is 1.43. The van der Waals surface area contributed by atoms with Crippen molar-refractivity contribution in [1.82, 2.24) is 13.9 Å². The van der Waals surface area contributed by atoms with Gasteiger partial charge in [-0.25, -0.2) is 0 Å². The van der Waals surface area contributed by atoms with Crippen molar-refractivity contribution in [3.63, 3.8) is 0 Å². The highest BCUT2D eigenvalue weighted by molar-refractivity contribution is 7.86. The minimum Gasteiger partial charge on any atom is -0.314 e. The highest BCUT2D eigenvalue weighted by Crippen LogP contribution is 2.29. The van der Waals surface area contributed by atoms with Gasteiger partial charge in [0.1, 0.15) is 0 Å². The summed E-state index contributed by atoms with van der Waals surface area (Å²) in [4.78, 5) is 0. The number of hydrogen-bond acceptors (Lipinski definition) is 3. The van der Waals surface area contributed by atoms with Crippen molar-refractivity contribution in [2.24, 2.45) is 11.8 Å². The van der Waals surface area contributed by atoms with E-state index < -0.39 is 10.2 Å². The fraction of sp³-hybridized carbons (Fsp3) is 1.00. The van der Waals surface area contributed by atoms with Crippen molar-refractivity contribution in [2.45, 2.75) is 58.0 Å². The van der Waals surface area contributed by atoms with E-state index in [-0.39, 0.29) is 6.04 Å². The summed E-state index contributed by atoms with van der Waals surface area (Å²) in [5.41, 5.74) is 0. The summed E-state index contributed by atoms with van der Waals surface area (Å²) in [7, 11) is -3.26. The van der Waals surface area contributed by atoms with Crippen LogP contribution in [0.15, 0.2) is 0 Å². The first-order valence-corrected chi connectivity index (χ1v) is 9.87. The predicted molar refractivity (Wildman–Crippen MR) is 84.2 cm³/mol. The Labute approximate surface area is 129 Å². The van der Waals surface area contributed by atoms with Crippen molar-refractivity contribution in [2.75, 3.05) is 26.2 Å². The minimum atomic E-state index is -3.26. The molecule has 2 heterocycles. The molecule has 5 nitrogen and oxygen atoms in total. The zero-order valence-corrected chi connectivity index (χ0v) is 14.1. The van der Waals surface area contributed by atoms with E-state index >= 15 is 0 Å². The average Bonchev–Trinajstić information content (AvgIpc) is 3.21. The van der Waals surface area contributed by atoms with Crippen LogP contribution in [0.25, 0.3) is 0 Å². The minimum absolute atomic E-state index is 0.148. The molecule has 2 aliphatic heterocycles. The average molecular weight is 315 g/mol. The molecule has 0 aromatic rings. The van der Waals surface area contributed by atoms with Crippen LogP contribution in [0, 0.1) is 11.8 Å². The van der Waals surface area contributed by atoms with Crippen LogP contribution in [-0.2, 0) is 10.2 Å². The lowest BCUT2D eigenvalue weighted by molar-refractivity contribution is 0.240. The molecule has 0 aromatic carbocycles. The lowest BCUT2D eigenvalue weighted by Gasteiger charge is -2.35. The Balaban J connectivity index is 1.61. The van der Waals surface area contributed by atoms with Gasteiger partial charge in [-0.3, -0.25) is 0 Å². The molecule has 0 spiro atoms. The topological polar surface area (TPSA) is 52.7 Å². The maximum atomic E-state index is 12.9. The molecule has 21 heavy (non-hydrogen) atoms. The molecule has 0 amide bonds. The molecule has 0 radical (unpaired) electrons. The molecule has 3 atom stereocenters. The molecule has 6 heteroatoms. The van der Waals surface area contributed by atoms with E-state index in [1.807, 2.05) is 6.92 Å². The van der Waals surface area contributed by atoms with Crippen molar-refractivity contribution < 1.29 is 8.42 Å². The fourth-order valence-electron chi connectivity index (χ4n) is 3.76. The zero-order chi connectivity index (χ0) is 15.0. The molecule has 1 aliphatic carbocycles. The van der Waals surface area contributed by atoms with Gasteiger partial charge in [-0.05, 0) is 57.4 Å². The number of nitrogens with one attached hydrogen (secondary N) is 1. The second-order valence-electron chi connectivity index (χ2n) is 7.32. The van der Waals surface area contributed by atoms with Crippen molar-refractivity contribution in [3.8, 4) is 0 Å². The third-order valence-corrected chi connectivity index (χ3v) is 7.19. The van der Waals surface area contributed by atoms with Crippen LogP contribution >= 0.6 is 0 Å². The van der Waals surface area contributed by atoms with Crippen LogP contribution < -0.4 is 5.32 Å².